The number of halogens is 1. The minimum absolute atomic E-state index is 0.326. The Labute approximate surface area is 83.2 Å². The molecule has 1 aliphatic rings. The highest BCUT2D eigenvalue weighted by atomic mass is 32.2. The zero-order valence-corrected chi connectivity index (χ0v) is 7.83. The Balaban J connectivity index is 2.73. The molecule has 0 unspecified atom stereocenters. The van der Waals surface area contributed by atoms with Gasteiger partial charge in [-0.2, -0.15) is 0 Å². The van der Waals surface area contributed by atoms with Crippen LogP contribution in [-0.4, -0.2) is 34.5 Å². The van der Waals surface area contributed by atoms with Gasteiger partial charge in [-0.15, -0.1) is 0 Å². The standard InChI is InChI=1S/C6H8FN3O3S/c7-2-13-9-5(6(11)12)10-1-4(8)14-3-10/h1H,2-3,8H2,(H,11,12). The minimum atomic E-state index is -1.30. The summed E-state index contributed by atoms with van der Waals surface area (Å²) < 4.78 is 11.6. The molecule has 1 heterocycles. The van der Waals surface area contributed by atoms with Gasteiger partial charge in [-0.3, -0.25) is 0 Å². The van der Waals surface area contributed by atoms with Gasteiger partial charge in [0.25, 0.3) is 12.7 Å². The van der Waals surface area contributed by atoms with E-state index in [1.54, 1.807) is 0 Å². The van der Waals surface area contributed by atoms with E-state index in [1.165, 1.54) is 22.9 Å². The molecule has 0 radical (unpaired) electrons. The number of thioether (sulfide) groups is 1. The fraction of sp³-hybridized carbons (Fsp3) is 0.333. The Morgan fingerprint density at radius 1 is 1.93 bits per heavy atom. The third-order valence-corrected chi connectivity index (χ3v) is 2.16. The highest BCUT2D eigenvalue weighted by molar-refractivity contribution is 8.03. The molecule has 0 spiro atoms. The lowest BCUT2D eigenvalue weighted by atomic mass is 10.5. The van der Waals surface area contributed by atoms with E-state index in [-0.39, 0.29) is 0 Å². The van der Waals surface area contributed by atoms with Gasteiger partial charge in [-0.25, -0.2) is 9.18 Å². The Hall–Kier alpha value is -1.44. The summed E-state index contributed by atoms with van der Waals surface area (Å²) in [5.41, 5.74) is 5.41. The van der Waals surface area contributed by atoms with Crippen LogP contribution in [0.1, 0.15) is 0 Å². The van der Waals surface area contributed by atoms with Gasteiger partial charge in [0.15, 0.2) is 0 Å². The summed E-state index contributed by atoms with van der Waals surface area (Å²) in [5.74, 6) is -1.37. The number of alkyl halides is 1. The predicted octanol–water partition coefficient (Wildman–Crippen LogP) is 0.0920. The number of aliphatic carboxylic acids is 1. The third kappa shape index (κ3) is 2.52. The summed E-state index contributed by atoms with van der Waals surface area (Å²) in [4.78, 5) is 15.9. The molecule has 0 aromatic carbocycles. The quantitative estimate of drug-likeness (QED) is 0.390. The molecule has 0 aromatic rings. The first-order chi connectivity index (χ1) is 6.65. The molecule has 0 bridgehead atoms. The summed E-state index contributed by atoms with van der Waals surface area (Å²) in [5, 5.41) is 12.3. The Kier molecular flexibility index (Phi) is 3.57. The second-order valence-electron chi connectivity index (χ2n) is 2.23. The average molecular weight is 221 g/mol. The van der Waals surface area contributed by atoms with Gasteiger partial charge < -0.3 is 20.6 Å². The first-order valence-corrected chi connectivity index (χ1v) is 4.49. The lowest BCUT2D eigenvalue weighted by Gasteiger charge is -2.11. The number of nitrogens with zero attached hydrogens (tertiary/aromatic N) is 2. The molecule has 3 N–H and O–H groups in total. The van der Waals surface area contributed by atoms with E-state index in [0.29, 0.717) is 10.9 Å². The molecule has 0 atom stereocenters. The molecule has 1 aliphatic heterocycles. The molecule has 0 aromatic heterocycles. The zero-order valence-electron chi connectivity index (χ0n) is 7.01. The Bertz CT molecular complexity index is 294. The summed E-state index contributed by atoms with van der Waals surface area (Å²) >= 11 is 1.26. The molecular weight excluding hydrogens is 213 g/mol. The van der Waals surface area contributed by atoms with Crippen LogP contribution < -0.4 is 5.73 Å². The molecular formula is C6H8FN3O3S. The van der Waals surface area contributed by atoms with Crippen LogP contribution in [0.25, 0.3) is 0 Å². The van der Waals surface area contributed by atoms with Crippen LogP contribution in [0.4, 0.5) is 4.39 Å². The van der Waals surface area contributed by atoms with Crippen molar-refractivity contribution in [2.75, 3.05) is 12.7 Å². The number of carboxylic acids is 1. The Morgan fingerprint density at radius 2 is 2.64 bits per heavy atom. The first kappa shape index (κ1) is 10.6. The summed E-state index contributed by atoms with van der Waals surface area (Å²) in [6, 6.07) is 0. The average Bonchev–Trinajstić information content (AvgIpc) is 2.52. The fourth-order valence-electron chi connectivity index (χ4n) is 0.794. The molecule has 6 nitrogen and oxygen atoms in total. The monoisotopic (exact) mass is 221 g/mol. The summed E-state index contributed by atoms with van der Waals surface area (Å²) in [6.45, 7) is -1.17. The summed E-state index contributed by atoms with van der Waals surface area (Å²) in [6.07, 6.45) is 1.40. The van der Waals surface area contributed by atoms with Gasteiger partial charge in [-0.1, -0.05) is 16.9 Å². The maximum Gasteiger partial charge on any atom is 0.375 e. The van der Waals surface area contributed by atoms with Gasteiger partial charge in [0, 0.05) is 6.20 Å². The molecule has 0 saturated heterocycles. The number of carboxylic acid groups (broad SMARTS) is 1. The van der Waals surface area contributed by atoms with E-state index in [9.17, 15) is 9.18 Å². The van der Waals surface area contributed by atoms with Crippen LogP contribution in [-0.2, 0) is 9.63 Å². The van der Waals surface area contributed by atoms with E-state index in [0.717, 1.165) is 0 Å². The number of hydrogen-bond donors (Lipinski definition) is 2. The molecule has 14 heavy (non-hydrogen) atoms. The van der Waals surface area contributed by atoms with E-state index in [1.807, 2.05) is 0 Å². The van der Waals surface area contributed by atoms with Gasteiger partial charge in [-0.05, 0) is 0 Å². The van der Waals surface area contributed by atoms with E-state index in [2.05, 4.69) is 9.99 Å². The van der Waals surface area contributed by atoms with Crippen LogP contribution in [0.15, 0.2) is 16.4 Å². The second-order valence-corrected chi connectivity index (χ2v) is 3.25. The highest BCUT2D eigenvalue weighted by Gasteiger charge is 2.22. The van der Waals surface area contributed by atoms with Crippen LogP contribution in [0, 0.1) is 0 Å². The first-order valence-electron chi connectivity index (χ1n) is 3.51. The molecule has 0 fully saturated rings. The maximum atomic E-state index is 11.6. The number of amidine groups is 1. The maximum absolute atomic E-state index is 11.6. The number of carbonyl (C=O) groups is 1. The van der Waals surface area contributed by atoms with Crippen LogP contribution >= 0.6 is 11.8 Å². The topological polar surface area (TPSA) is 88.1 Å². The minimum Gasteiger partial charge on any atom is -0.475 e. The van der Waals surface area contributed by atoms with Crippen molar-refractivity contribution in [1.82, 2.24) is 4.90 Å². The van der Waals surface area contributed by atoms with Crippen molar-refractivity contribution in [1.29, 1.82) is 0 Å². The largest absolute Gasteiger partial charge is 0.475 e. The highest BCUT2D eigenvalue weighted by Crippen LogP contribution is 2.21. The van der Waals surface area contributed by atoms with Crippen molar-refractivity contribution in [3.8, 4) is 0 Å². The molecule has 0 amide bonds. The van der Waals surface area contributed by atoms with E-state index >= 15 is 0 Å². The fourth-order valence-corrected chi connectivity index (χ4v) is 1.48. The third-order valence-electron chi connectivity index (χ3n) is 1.32. The van der Waals surface area contributed by atoms with Crippen molar-refractivity contribution >= 4 is 23.6 Å². The van der Waals surface area contributed by atoms with E-state index in [4.69, 9.17) is 10.8 Å². The van der Waals surface area contributed by atoms with Crippen LogP contribution in [0.3, 0.4) is 0 Å². The van der Waals surface area contributed by atoms with Crippen LogP contribution in [0.2, 0.25) is 0 Å². The SMILES string of the molecule is NC1=CN(C(=NOCF)C(=O)O)CS1. The van der Waals surface area contributed by atoms with Crippen molar-refractivity contribution < 1.29 is 19.1 Å². The number of nitrogens with two attached hydrogens (primary N) is 1. The van der Waals surface area contributed by atoms with Gasteiger partial charge >= 0.3 is 5.97 Å². The second kappa shape index (κ2) is 4.70. The van der Waals surface area contributed by atoms with Crippen LogP contribution in [0.5, 0.6) is 0 Å². The molecule has 0 aliphatic carbocycles. The van der Waals surface area contributed by atoms with Gasteiger partial charge in [0.05, 0.1) is 10.9 Å². The zero-order chi connectivity index (χ0) is 10.6. The number of oxime groups is 1. The normalized spacial score (nSPS) is 16.8. The number of rotatable bonds is 2. The lowest BCUT2D eigenvalue weighted by Crippen LogP contribution is -2.31. The van der Waals surface area contributed by atoms with Gasteiger partial charge in [0.2, 0.25) is 0 Å². The Morgan fingerprint density at radius 3 is 3.07 bits per heavy atom. The van der Waals surface area contributed by atoms with Crippen molar-refractivity contribution in [3.05, 3.63) is 11.2 Å². The molecule has 78 valence electrons. The molecule has 8 heteroatoms. The molecule has 0 saturated carbocycles. The van der Waals surface area contributed by atoms with E-state index < -0.39 is 18.7 Å². The summed E-state index contributed by atoms with van der Waals surface area (Å²) in [7, 11) is 0. The predicted molar refractivity (Wildman–Crippen MR) is 48.7 cm³/mol. The molecule has 1 rings (SSSR count). The van der Waals surface area contributed by atoms with Gasteiger partial charge in [0.1, 0.15) is 0 Å². The number of hydrogen-bond acceptors (Lipinski definition) is 5. The lowest BCUT2D eigenvalue weighted by molar-refractivity contribution is -0.130. The van der Waals surface area contributed by atoms with Crippen molar-refractivity contribution in [3.63, 3.8) is 0 Å². The van der Waals surface area contributed by atoms with Crippen molar-refractivity contribution in [2.24, 2.45) is 10.9 Å². The smallest absolute Gasteiger partial charge is 0.375 e. The van der Waals surface area contributed by atoms with Crippen molar-refractivity contribution in [2.45, 2.75) is 0 Å².